The Kier molecular flexibility index (Phi) is 4.73. The van der Waals surface area contributed by atoms with Crippen LogP contribution in [0.3, 0.4) is 0 Å². The number of aliphatic imine (C=N–C) groups is 1. The molecule has 0 amide bonds. The van der Waals surface area contributed by atoms with E-state index in [-0.39, 0.29) is 0 Å². The van der Waals surface area contributed by atoms with E-state index in [0.29, 0.717) is 6.04 Å². The predicted molar refractivity (Wildman–Crippen MR) is 90.9 cm³/mol. The molecule has 0 aromatic heterocycles. The van der Waals surface area contributed by atoms with Gasteiger partial charge in [-0.2, -0.15) is 0 Å². The normalized spacial score (nSPS) is 28.8. The van der Waals surface area contributed by atoms with Crippen molar-refractivity contribution in [1.29, 1.82) is 0 Å². The van der Waals surface area contributed by atoms with Gasteiger partial charge in [-0.1, -0.05) is 25.1 Å². The molecule has 1 N–H and O–H groups in total. The van der Waals surface area contributed by atoms with Crippen LogP contribution in [-0.2, 0) is 0 Å². The Labute approximate surface area is 132 Å². The van der Waals surface area contributed by atoms with Gasteiger partial charge in [0.05, 0.1) is 0 Å². The van der Waals surface area contributed by atoms with Gasteiger partial charge in [0.2, 0.25) is 0 Å². The molecule has 4 heteroatoms. The number of benzene rings is 1. The highest BCUT2D eigenvalue weighted by atomic mass is 32.2. The van der Waals surface area contributed by atoms with Crippen LogP contribution in [0.15, 0.2) is 40.2 Å². The molecule has 1 aliphatic carbocycles. The molecule has 2 aliphatic rings. The number of guanidine groups is 1. The number of thioether (sulfide) groups is 1. The second kappa shape index (κ2) is 6.73. The van der Waals surface area contributed by atoms with Crippen molar-refractivity contribution in [2.45, 2.75) is 30.7 Å². The lowest BCUT2D eigenvalue weighted by molar-refractivity contribution is 0.472. The summed E-state index contributed by atoms with van der Waals surface area (Å²) in [6.45, 7) is 4.58. The van der Waals surface area contributed by atoms with Gasteiger partial charge in [0, 0.05) is 36.8 Å². The summed E-state index contributed by atoms with van der Waals surface area (Å²) in [5.74, 6) is 3.90. The molecular formula is C17H25N3S. The lowest BCUT2D eigenvalue weighted by Gasteiger charge is -2.21. The summed E-state index contributed by atoms with van der Waals surface area (Å²) in [5, 5.41) is 3.60. The van der Waals surface area contributed by atoms with E-state index >= 15 is 0 Å². The average Bonchev–Trinajstić information content (AvgIpc) is 3.02. The summed E-state index contributed by atoms with van der Waals surface area (Å²) in [4.78, 5) is 8.27. The van der Waals surface area contributed by atoms with Gasteiger partial charge >= 0.3 is 0 Å². The third kappa shape index (κ3) is 3.94. The van der Waals surface area contributed by atoms with Crippen molar-refractivity contribution in [2.24, 2.45) is 16.8 Å². The van der Waals surface area contributed by atoms with Crippen LogP contribution in [0.1, 0.15) is 19.8 Å². The van der Waals surface area contributed by atoms with Crippen molar-refractivity contribution in [2.75, 3.05) is 25.9 Å². The molecule has 114 valence electrons. The number of likely N-dealkylation sites (tertiary alicyclic amines) is 1. The van der Waals surface area contributed by atoms with E-state index in [1.165, 1.54) is 23.5 Å². The first-order chi connectivity index (χ1) is 10.3. The molecule has 0 bridgehead atoms. The highest BCUT2D eigenvalue weighted by Gasteiger charge is 2.35. The lowest BCUT2D eigenvalue weighted by Crippen LogP contribution is -2.41. The van der Waals surface area contributed by atoms with Gasteiger partial charge in [-0.25, -0.2) is 0 Å². The minimum Gasteiger partial charge on any atom is -0.353 e. The van der Waals surface area contributed by atoms with Crippen molar-refractivity contribution in [3.8, 4) is 0 Å². The Morgan fingerprint density at radius 3 is 2.81 bits per heavy atom. The fourth-order valence-corrected chi connectivity index (χ4v) is 3.93. The smallest absolute Gasteiger partial charge is 0.193 e. The molecule has 1 saturated carbocycles. The van der Waals surface area contributed by atoms with Gasteiger partial charge < -0.3 is 10.2 Å². The molecule has 3 nitrogen and oxygen atoms in total. The molecule has 3 unspecified atom stereocenters. The van der Waals surface area contributed by atoms with E-state index in [4.69, 9.17) is 0 Å². The molecule has 2 fully saturated rings. The summed E-state index contributed by atoms with van der Waals surface area (Å²) in [5.41, 5.74) is 0. The number of nitrogens with zero attached hydrogens (tertiary/aromatic N) is 2. The van der Waals surface area contributed by atoms with Crippen molar-refractivity contribution in [3.05, 3.63) is 30.3 Å². The van der Waals surface area contributed by atoms with E-state index in [0.717, 1.165) is 30.9 Å². The molecule has 1 aromatic rings. The Morgan fingerprint density at radius 2 is 2.14 bits per heavy atom. The van der Waals surface area contributed by atoms with E-state index < -0.39 is 0 Å². The van der Waals surface area contributed by atoms with Crippen LogP contribution in [0.2, 0.25) is 0 Å². The average molecular weight is 303 g/mol. The van der Waals surface area contributed by atoms with Crippen molar-refractivity contribution in [3.63, 3.8) is 0 Å². The molecule has 0 radical (unpaired) electrons. The second-order valence-corrected chi connectivity index (χ2v) is 7.33. The van der Waals surface area contributed by atoms with Gasteiger partial charge in [-0.05, 0) is 36.8 Å². The third-order valence-corrected chi connectivity index (χ3v) is 5.69. The molecule has 1 saturated heterocycles. The molecule has 1 aromatic carbocycles. The Morgan fingerprint density at radius 1 is 1.38 bits per heavy atom. The largest absolute Gasteiger partial charge is 0.353 e. The lowest BCUT2D eigenvalue weighted by atomic mass is 10.2. The Hall–Kier alpha value is -1.16. The zero-order valence-electron chi connectivity index (χ0n) is 13.0. The number of hydrogen-bond acceptors (Lipinski definition) is 2. The van der Waals surface area contributed by atoms with Crippen LogP contribution in [0.25, 0.3) is 0 Å². The van der Waals surface area contributed by atoms with Crippen LogP contribution in [-0.4, -0.2) is 42.8 Å². The van der Waals surface area contributed by atoms with Crippen molar-refractivity contribution < 1.29 is 0 Å². The van der Waals surface area contributed by atoms with Gasteiger partial charge in [-0.3, -0.25) is 4.99 Å². The molecule has 1 heterocycles. The minimum absolute atomic E-state index is 0.654. The van der Waals surface area contributed by atoms with Crippen LogP contribution < -0.4 is 5.32 Å². The van der Waals surface area contributed by atoms with Crippen LogP contribution >= 0.6 is 11.8 Å². The first kappa shape index (κ1) is 14.8. The van der Waals surface area contributed by atoms with Crippen LogP contribution in [0.5, 0.6) is 0 Å². The molecule has 3 rings (SSSR count). The molecule has 3 atom stereocenters. The molecule has 1 aliphatic heterocycles. The SMILES string of the molecule is CN=C(NC1CC1C)N1CCC(CSc2ccccc2)C1. The predicted octanol–water partition coefficient (Wildman–Crippen LogP) is 3.08. The van der Waals surface area contributed by atoms with E-state index in [9.17, 15) is 0 Å². The van der Waals surface area contributed by atoms with E-state index in [2.05, 4.69) is 52.5 Å². The van der Waals surface area contributed by atoms with Gasteiger partial charge in [-0.15, -0.1) is 11.8 Å². The summed E-state index contributed by atoms with van der Waals surface area (Å²) in [6, 6.07) is 11.4. The summed E-state index contributed by atoms with van der Waals surface area (Å²) < 4.78 is 0. The van der Waals surface area contributed by atoms with Crippen LogP contribution in [0, 0.1) is 11.8 Å². The zero-order valence-corrected chi connectivity index (χ0v) is 13.8. The molecular weight excluding hydrogens is 278 g/mol. The number of hydrogen-bond donors (Lipinski definition) is 1. The maximum atomic E-state index is 4.46. The number of nitrogens with one attached hydrogen (secondary N) is 1. The first-order valence-electron chi connectivity index (χ1n) is 7.92. The summed E-state index contributed by atoms with van der Waals surface area (Å²) in [6.07, 6.45) is 2.57. The highest BCUT2D eigenvalue weighted by Crippen LogP contribution is 2.30. The zero-order chi connectivity index (χ0) is 14.7. The fourth-order valence-electron chi connectivity index (χ4n) is 2.88. The first-order valence-corrected chi connectivity index (χ1v) is 8.91. The maximum Gasteiger partial charge on any atom is 0.193 e. The maximum absolute atomic E-state index is 4.46. The quantitative estimate of drug-likeness (QED) is 0.526. The van der Waals surface area contributed by atoms with Crippen molar-refractivity contribution in [1.82, 2.24) is 10.2 Å². The van der Waals surface area contributed by atoms with Crippen LogP contribution in [0.4, 0.5) is 0 Å². The highest BCUT2D eigenvalue weighted by molar-refractivity contribution is 7.99. The van der Waals surface area contributed by atoms with Crippen molar-refractivity contribution >= 4 is 17.7 Å². The standard InChI is InChI=1S/C17H25N3S/c1-13-10-16(13)19-17(18-2)20-9-8-14(11-20)12-21-15-6-4-3-5-7-15/h3-7,13-14,16H,8-12H2,1-2H3,(H,18,19). The topological polar surface area (TPSA) is 27.6 Å². The Bertz CT molecular complexity index is 488. The van der Waals surface area contributed by atoms with Gasteiger partial charge in [0.1, 0.15) is 0 Å². The summed E-state index contributed by atoms with van der Waals surface area (Å²) in [7, 11) is 1.90. The number of rotatable bonds is 4. The fraction of sp³-hybridized carbons (Fsp3) is 0.588. The Balaban J connectivity index is 1.46. The minimum atomic E-state index is 0.654. The second-order valence-electron chi connectivity index (χ2n) is 6.24. The van der Waals surface area contributed by atoms with E-state index in [1.54, 1.807) is 0 Å². The molecule has 0 spiro atoms. The monoisotopic (exact) mass is 303 g/mol. The van der Waals surface area contributed by atoms with Gasteiger partial charge in [0.25, 0.3) is 0 Å². The summed E-state index contributed by atoms with van der Waals surface area (Å²) >= 11 is 1.98. The van der Waals surface area contributed by atoms with Gasteiger partial charge in [0.15, 0.2) is 5.96 Å². The molecule has 21 heavy (non-hydrogen) atoms. The van der Waals surface area contributed by atoms with E-state index in [1.807, 2.05) is 18.8 Å². The third-order valence-electron chi connectivity index (χ3n) is 4.45.